The lowest BCUT2D eigenvalue weighted by Crippen LogP contribution is -2.23. The Morgan fingerprint density at radius 2 is 2.40 bits per heavy atom. The number of benzene rings is 1. The highest BCUT2D eigenvalue weighted by atomic mass is 32.2. The van der Waals surface area contributed by atoms with Gasteiger partial charge in [0.05, 0.1) is 0 Å². The lowest BCUT2D eigenvalue weighted by molar-refractivity contribution is 0.674. The summed E-state index contributed by atoms with van der Waals surface area (Å²) in [6.07, 6.45) is 2.65. The van der Waals surface area contributed by atoms with Gasteiger partial charge in [0.25, 0.3) is 0 Å². The number of hydrogen-bond donors (Lipinski definition) is 2. The van der Waals surface area contributed by atoms with E-state index in [-0.39, 0.29) is 0 Å². The zero-order chi connectivity index (χ0) is 10.7. The monoisotopic (exact) mass is 222 g/mol. The molecule has 15 heavy (non-hydrogen) atoms. The van der Waals surface area contributed by atoms with Crippen LogP contribution in [0.1, 0.15) is 18.4 Å². The normalized spacial score (nSPS) is 20.7. The van der Waals surface area contributed by atoms with E-state index in [1.54, 1.807) is 0 Å². The van der Waals surface area contributed by atoms with E-state index in [1.807, 2.05) is 23.9 Å². The second-order valence-electron chi connectivity index (χ2n) is 4.13. The molecule has 0 unspecified atom stereocenters. The summed E-state index contributed by atoms with van der Waals surface area (Å²) < 4.78 is 0. The van der Waals surface area contributed by atoms with Gasteiger partial charge in [-0.25, -0.2) is 0 Å². The van der Waals surface area contributed by atoms with Crippen molar-refractivity contribution >= 4 is 17.4 Å². The topological polar surface area (TPSA) is 38.0 Å². The first-order chi connectivity index (χ1) is 7.25. The molecule has 82 valence electrons. The lowest BCUT2D eigenvalue weighted by atomic mass is 10.2. The second kappa shape index (κ2) is 4.90. The summed E-state index contributed by atoms with van der Waals surface area (Å²) in [5, 5.41) is 3.51. The van der Waals surface area contributed by atoms with E-state index in [1.165, 1.54) is 35.6 Å². The third-order valence-corrected chi connectivity index (χ3v) is 4.14. The smallest absolute Gasteiger partial charge is 0.0317 e. The largest absolute Gasteiger partial charge is 0.399 e. The molecule has 1 saturated heterocycles. The standard InChI is InChI=1S/C12H18N2S/c1-9-7-10(13)4-5-12(9)15-8-11-3-2-6-14-11/h4-5,7,11,14H,2-3,6,8,13H2,1H3/t11-/m1/s1. The average Bonchev–Trinajstić information content (AvgIpc) is 2.69. The van der Waals surface area contributed by atoms with Crippen molar-refractivity contribution in [2.75, 3.05) is 18.0 Å². The number of aryl methyl sites for hydroxylation is 1. The molecule has 3 N–H and O–H groups in total. The number of nitrogen functional groups attached to an aromatic ring is 1. The zero-order valence-corrected chi connectivity index (χ0v) is 9.94. The molecule has 1 heterocycles. The quantitative estimate of drug-likeness (QED) is 0.609. The van der Waals surface area contributed by atoms with E-state index < -0.39 is 0 Å². The van der Waals surface area contributed by atoms with Crippen LogP contribution in [0.4, 0.5) is 5.69 Å². The molecule has 0 radical (unpaired) electrons. The van der Waals surface area contributed by atoms with Crippen molar-refractivity contribution < 1.29 is 0 Å². The van der Waals surface area contributed by atoms with Gasteiger partial charge in [-0.15, -0.1) is 11.8 Å². The van der Waals surface area contributed by atoms with E-state index in [2.05, 4.69) is 18.3 Å². The van der Waals surface area contributed by atoms with Crippen molar-refractivity contribution in [1.82, 2.24) is 5.32 Å². The van der Waals surface area contributed by atoms with Crippen LogP contribution in [-0.4, -0.2) is 18.3 Å². The Morgan fingerprint density at radius 1 is 1.53 bits per heavy atom. The van der Waals surface area contributed by atoms with Crippen LogP contribution in [0.25, 0.3) is 0 Å². The molecule has 1 aliphatic heterocycles. The van der Waals surface area contributed by atoms with Crippen LogP contribution in [0.2, 0.25) is 0 Å². The molecule has 3 heteroatoms. The number of rotatable bonds is 3. The zero-order valence-electron chi connectivity index (χ0n) is 9.12. The van der Waals surface area contributed by atoms with Crippen LogP contribution >= 0.6 is 11.8 Å². The van der Waals surface area contributed by atoms with Crippen LogP contribution in [0.15, 0.2) is 23.1 Å². The Hall–Kier alpha value is -0.670. The summed E-state index contributed by atoms with van der Waals surface area (Å²) in [6, 6.07) is 6.86. The first-order valence-corrected chi connectivity index (χ1v) is 6.46. The fourth-order valence-corrected chi connectivity index (χ4v) is 3.04. The highest BCUT2D eigenvalue weighted by Gasteiger charge is 2.14. The summed E-state index contributed by atoms with van der Waals surface area (Å²) >= 11 is 1.93. The van der Waals surface area contributed by atoms with Crippen molar-refractivity contribution in [2.45, 2.75) is 30.7 Å². The Balaban J connectivity index is 1.92. The third kappa shape index (κ3) is 2.89. The maximum absolute atomic E-state index is 5.72. The van der Waals surface area contributed by atoms with Gasteiger partial charge in [0.15, 0.2) is 0 Å². The van der Waals surface area contributed by atoms with Crippen molar-refractivity contribution in [1.29, 1.82) is 0 Å². The minimum absolute atomic E-state index is 0.701. The number of anilines is 1. The van der Waals surface area contributed by atoms with Crippen LogP contribution < -0.4 is 11.1 Å². The molecule has 0 bridgehead atoms. The predicted octanol–water partition coefficient (Wildman–Crippen LogP) is 2.42. The molecule has 2 nitrogen and oxygen atoms in total. The molecule has 0 amide bonds. The van der Waals surface area contributed by atoms with Gasteiger partial charge in [-0.3, -0.25) is 0 Å². The SMILES string of the molecule is Cc1cc(N)ccc1SC[C@H]1CCCN1. The molecule has 1 aliphatic rings. The molecule has 0 aliphatic carbocycles. The minimum atomic E-state index is 0.701. The van der Waals surface area contributed by atoms with E-state index in [0.717, 1.165) is 5.69 Å². The molecule has 1 fully saturated rings. The van der Waals surface area contributed by atoms with Gasteiger partial charge in [0.2, 0.25) is 0 Å². The Labute approximate surface area is 95.6 Å². The molecule has 1 atom stereocenters. The molecule has 1 aromatic carbocycles. The first kappa shape index (κ1) is 10.8. The highest BCUT2D eigenvalue weighted by molar-refractivity contribution is 7.99. The van der Waals surface area contributed by atoms with Crippen molar-refractivity contribution in [3.05, 3.63) is 23.8 Å². The predicted molar refractivity (Wildman–Crippen MR) is 67.3 cm³/mol. The van der Waals surface area contributed by atoms with Gasteiger partial charge in [0.1, 0.15) is 0 Å². The molecule has 2 rings (SSSR count). The average molecular weight is 222 g/mol. The summed E-state index contributed by atoms with van der Waals surface area (Å²) in [4.78, 5) is 1.36. The second-order valence-corrected chi connectivity index (χ2v) is 5.19. The minimum Gasteiger partial charge on any atom is -0.399 e. The molecule has 0 aromatic heterocycles. The van der Waals surface area contributed by atoms with Crippen LogP contribution in [0.3, 0.4) is 0 Å². The van der Waals surface area contributed by atoms with Gasteiger partial charge < -0.3 is 11.1 Å². The van der Waals surface area contributed by atoms with Crippen molar-refractivity contribution in [3.8, 4) is 0 Å². The number of hydrogen-bond acceptors (Lipinski definition) is 3. The summed E-state index contributed by atoms with van der Waals surface area (Å²) in [6.45, 7) is 3.31. The van der Waals surface area contributed by atoms with E-state index >= 15 is 0 Å². The Bertz CT molecular complexity index is 332. The van der Waals surface area contributed by atoms with E-state index in [4.69, 9.17) is 5.73 Å². The van der Waals surface area contributed by atoms with Gasteiger partial charge in [-0.2, -0.15) is 0 Å². The van der Waals surface area contributed by atoms with E-state index in [9.17, 15) is 0 Å². The Kier molecular flexibility index (Phi) is 3.54. The van der Waals surface area contributed by atoms with Crippen LogP contribution in [-0.2, 0) is 0 Å². The maximum atomic E-state index is 5.72. The number of nitrogens with one attached hydrogen (secondary N) is 1. The Morgan fingerprint density at radius 3 is 3.07 bits per heavy atom. The molecule has 0 saturated carbocycles. The molecular formula is C12H18N2S. The fourth-order valence-electron chi connectivity index (χ4n) is 1.92. The lowest BCUT2D eigenvalue weighted by Gasteiger charge is -2.11. The van der Waals surface area contributed by atoms with Crippen LogP contribution in [0.5, 0.6) is 0 Å². The van der Waals surface area contributed by atoms with Gasteiger partial charge in [-0.05, 0) is 50.1 Å². The van der Waals surface area contributed by atoms with E-state index in [0.29, 0.717) is 6.04 Å². The van der Waals surface area contributed by atoms with Crippen LogP contribution in [0, 0.1) is 6.92 Å². The third-order valence-electron chi connectivity index (χ3n) is 2.80. The van der Waals surface area contributed by atoms with Gasteiger partial charge in [-0.1, -0.05) is 0 Å². The van der Waals surface area contributed by atoms with Gasteiger partial charge in [0, 0.05) is 22.4 Å². The number of nitrogens with two attached hydrogens (primary N) is 1. The molecule has 1 aromatic rings. The number of thioether (sulfide) groups is 1. The molecular weight excluding hydrogens is 204 g/mol. The fraction of sp³-hybridized carbons (Fsp3) is 0.500. The first-order valence-electron chi connectivity index (χ1n) is 5.48. The maximum Gasteiger partial charge on any atom is 0.0317 e. The van der Waals surface area contributed by atoms with Gasteiger partial charge >= 0.3 is 0 Å². The summed E-state index contributed by atoms with van der Waals surface area (Å²) in [7, 11) is 0. The van der Waals surface area contributed by atoms with Crippen molar-refractivity contribution in [2.24, 2.45) is 0 Å². The molecule has 0 spiro atoms. The van der Waals surface area contributed by atoms with Crippen molar-refractivity contribution in [3.63, 3.8) is 0 Å². The summed E-state index contributed by atoms with van der Waals surface area (Å²) in [5.41, 5.74) is 7.87. The highest BCUT2D eigenvalue weighted by Crippen LogP contribution is 2.26. The summed E-state index contributed by atoms with van der Waals surface area (Å²) in [5.74, 6) is 1.17.